The monoisotopic (exact) mass is 534 g/mol. The molecule has 4 aliphatic carbocycles. The predicted molar refractivity (Wildman–Crippen MR) is 133 cm³/mol. The standard InChI is InChI=1S/C29H42O9/c1-16-25(33)22(31)12-24(37-16)38-18-3-8-27(15-30)20-4-7-26(2)19(17-11-23(32)36-14-17)6-10-29(26,35)21(20)5-9-28(27,34)13-18/h11,15-16,18-22,24-25,31,33-35H,3-10,12-14H2,1-2H3/t16-,18+,19-,20+,21+,22+,24+,25-,26-,27+,28+,29+/m1/s1. The van der Waals surface area contributed by atoms with E-state index in [4.69, 9.17) is 14.2 Å². The van der Waals surface area contributed by atoms with Gasteiger partial charge < -0.3 is 39.4 Å². The van der Waals surface area contributed by atoms with Gasteiger partial charge in [0.15, 0.2) is 6.29 Å². The van der Waals surface area contributed by atoms with Crippen molar-refractivity contribution in [1.82, 2.24) is 0 Å². The van der Waals surface area contributed by atoms with E-state index in [1.54, 1.807) is 13.0 Å². The van der Waals surface area contributed by atoms with Crippen LogP contribution in [0.15, 0.2) is 11.6 Å². The van der Waals surface area contributed by atoms with Crippen LogP contribution in [-0.4, -0.2) is 81.2 Å². The molecule has 0 amide bonds. The Morgan fingerprint density at radius 3 is 2.50 bits per heavy atom. The lowest BCUT2D eigenvalue weighted by molar-refractivity contribution is -0.286. The van der Waals surface area contributed by atoms with Gasteiger partial charge in [-0.05, 0) is 81.6 Å². The van der Waals surface area contributed by atoms with Gasteiger partial charge in [-0.25, -0.2) is 4.79 Å². The fourth-order valence-electron chi connectivity index (χ4n) is 9.76. The van der Waals surface area contributed by atoms with Crippen LogP contribution in [0.2, 0.25) is 0 Å². The van der Waals surface area contributed by atoms with E-state index in [9.17, 15) is 30.0 Å². The number of cyclic esters (lactones) is 1. The largest absolute Gasteiger partial charge is 0.458 e. The molecular formula is C29H42O9. The van der Waals surface area contributed by atoms with Crippen molar-refractivity contribution in [3.63, 3.8) is 0 Å². The number of hydrogen-bond donors (Lipinski definition) is 4. The predicted octanol–water partition coefficient (Wildman–Crippen LogP) is 1.78. The third-order valence-electron chi connectivity index (χ3n) is 11.9. The van der Waals surface area contributed by atoms with E-state index in [2.05, 4.69) is 6.92 Å². The molecule has 9 nitrogen and oxygen atoms in total. The Morgan fingerprint density at radius 2 is 1.82 bits per heavy atom. The molecule has 2 heterocycles. The third kappa shape index (κ3) is 3.65. The van der Waals surface area contributed by atoms with Crippen LogP contribution >= 0.6 is 0 Å². The van der Waals surface area contributed by atoms with Gasteiger partial charge in [0.05, 0.1) is 34.9 Å². The van der Waals surface area contributed by atoms with Gasteiger partial charge in [0.1, 0.15) is 19.0 Å². The summed E-state index contributed by atoms with van der Waals surface area (Å²) in [6.45, 7) is 4.13. The number of carbonyl (C=O) groups is 2. The Hall–Kier alpha value is -1.36. The zero-order valence-electron chi connectivity index (χ0n) is 22.4. The molecule has 4 saturated carbocycles. The van der Waals surface area contributed by atoms with E-state index in [0.29, 0.717) is 45.1 Å². The summed E-state index contributed by atoms with van der Waals surface area (Å²) in [6, 6.07) is 0. The molecule has 6 aliphatic rings. The second kappa shape index (κ2) is 9.08. The molecule has 12 atom stereocenters. The van der Waals surface area contributed by atoms with Gasteiger partial charge in [-0.3, -0.25) is 0 Å². The average Bonchev–Trinajstić information content (AvgIpc) is 3.41. The maximum Gasteiger partial charge on any atom is 0.331 e. The summed E-state index contributed by atoms with van der Waals surface area (Å²) >= 11 is 0. The van der Waals surface area contributed by atoms with Crippen LogP contribution in [0, 0.1) is 28.6 Å². The van der Waals surface area contributed by atoms with Crippen molar-refractivity contribution in [2.45, 2.75) is 120 Å². The number of carbonyl (C=O) groups excluding carboxylic acids is 2. The van der Waals surface area contributed by atoms with Gasteiger partial charge in [-0.15, -0.1) is 0 Å². The van der Waals surface area contributed by atoms with Crippen LogP contribution in [0.5, 0.6) is 0 Å². The highest BCUT2D eigenvalue weighted by molar-refractivity contribution is 5.85. The molecule has 6 rings (SSSR count). The summed E-state index contributed by atoms with van der Waals surface area (Å²) < 4.78 is 17.1. The Kier molecular flexibility index (Phi) is 6.41. The van der Waals surface area contributed by atoms with Crippen molar-refractivity contribution in [1.29, 1.82) is 0 Å². The minimum Gasteiger partial charge on any atom is -0.458 e. The molecule has 0 spiro atoms. The van der Waals surface area contributed by atoms with Crippen molar-refractivity contribution in [3.05, 3.63) is 11.6 Å². The lowest BCUT2D eigenvalue weighted by Gasteiger charge is -2.65. The molecule has 212 valence electrons. The Bertz CT molecular complexity index is 1000. The number of aliphatic hydroxyl groups excluding tert-OH is 2. The third-order valence-corrected chi connectivity index (χ3v) is 11.9. The minimum atomic E-state index is -1.24. The molecule has 1 saturated heterocycles. The molecular weight excluding hydrogens is 492 g/mol. The molecule has 4 N–H and O–H groups in total. The minimum absolute atomic E-state index is 0.0729. The van der Waals surface area contributed by atoms with Crippen LogP contribution in [0.25, 0.3) is 0 Å². The molecule has 9 heteroatoms. The molecule has 0 radical (unpaired) electrons. The summed E-state index contributed by atoms with van der Waals surface area (Å²) in [5, 5.41) is 44.6. The fraction of sp³-hybridized carbons (Fsp3) is 0.862. The van der Waals surface area contributed by atoms with Crippen molar-refractivity contribution in [3.8, 4) is 0 Å². The number of fused-ring (bicyclic) bond motifs is 5. The Morgan fingerprint density at radius 1 is 1.05 bits per heavy atom. The molecule has 2 aliphatic heterocycles. The van der Waals surface area contributed by atoms with Crippen molar-refractivity contribution in [2.24, 2.45) is 28.6 Å². The summed E-state index contributed by atoms with van der Waals surface area (Å²) in [6.07, 6.45) is 4.50. The SMILES string of the molecule is C[C@H]1O[C@@H](O[C@H]2CC[C@]3(C=O)[C@H]4CC[C@]5(C)[C@@H](C6=CC(=O)OC6)CC[C@]5(O)[C@H]4CC[C@]3(O)C2)C[C@H](O)[C@@H]1O. The first-order valence-corrected chi connectivity index (χ1v) is 14.4. The van der Waals surface area contributed by atoms with Crippen LogP contribution in [0.3, 0.4) is 0 Å². The maximum atomic E-state index is 12.9. The van der Waals surface area contributed by atoms with E-state index < -0.39 is 46.6 Å². The van der Waals surface area contributed by atoms with Crippen molar-refractivity contribution >= 4 is 12.3 Å². The normalized spacial score (nSPS) is 54.4. The molecule has 0 bridgehead atoms. The molecule has 0 unspecified atom stereocenters. The lowest BCUT2D eigenvalue weighted by atomic mass is 9.41. The van der Waals surface area contributed by atoms with Gasteiger partial charge in [0.25, 0.3) is 0 Å². The molecule has 38 heavy (non-hydrogen) atoms. The number of ether oxygens (including phenoxy) is 3. The van der Waals surface area contributed by atoms with Gasteiger partial charge in [-0.1, -0.05) is 6.92 Å². The van der Waals surface area contributed by atoms with Crippen LogP contribution in [0.4, 0.5) is 0 Å². The van der Waals surface area contributed by atoms with E-state index in [-0.39, 0.29) is 36.2 Å². The first-order valence-electron chi connectivity index (χ1n) is 14.4. The van der Waals surface area contributed by atoms with E-state index in [1.807, 2.05) is 0 Å². The second-order valence-electron chi connectivity index (χ2n) is 13.3. The average molecular weight is 535 g/mol. The highest BCUT2D eigenvalue weighted by Crippen LogP contribution is 2.70. The lowest BCUT2D eigenvalue weighted by Crippen LogP contribution is -2.69. The summed E-state index contributed by atoms with van der Waals surface area (Å²) in [7, 11) is 0. The van der Waals surface area contributed by atoms with E-state index in [0.717, 1.165) is 31.1 Å². The summed E-state index contributed by atoms with van der Waals surface area (Å²) in [5.74, 6) is -0.473. The number of hydrogen-bond acceptors (Lipinski definition) is 9. The first-order chi connectivity index (χ1) is 18.0. The Balaban J connectivity index is 1.22. The highest BCUT2D eigenvalue weighted by Gasteiger charge is 2.71. The van der Waals surface area contributed by atoms with Gasteiger partial charge in [-0.2, -0.15) is 0 Å². The number of rotatable bonds is 4. The van der Waals surface area contributed by atoms with Gasteiger partial charge in [0.2, 0.25) is 0 Å². The van der Waals surface area contributed by atoms with Crippen molar-refractivity contribution in [2.75, 3.05) is 6.61 Å². The van der Waals surface area contributed by atoms with E-state index >= 15 is 0 Å². The zero-order valence-corrected chi connectivity index (χ0v) is 22.4. The Labute approximate surface area is 223 Å². The fourth-order valence-corrected chi connectivity index (χ4v) is 9.76. The zero-order chi connectivity index (χ0) is 27.1. The van der Waals surface area contributed by atoms with Gasteiger partial charge >= 0.3 is 5.97 Å². The number of esters is 1. The second-order valence-corrected chi connectivity index (χ2v) is 13.3. The van der Waals surface area contributed by atoms with Crippen molar-refractivity contribution < 1.29 is 44.2 Å². The molecule has 0 aromatic rings. The summed E-state index contributed by atoms with van der Waals surface area (Å²) in [5.41, 5.74) is -2.60. The molecule has 0 aromatic heterocycles. The van der Waals surface area contributed by atoms with Gasteiger partial charge in [0, 0.05) is 24.3 Å². The number of aliphatic hydroxyl groups is 4. The quantitative estimate of drug-likeness (QED) is 0.241. The van der Waals surface area contributed by atoms with Crippen LogP contribution < -0.4 is 0 Å². The van der Waals surface area contributed by atoms with E-state index in [1.165, 1.54) is 0 Å². The maximum absolute atomic E-state index is 12.9. The number of aldehydes is 1. The summed E-state index contributed by atoms with van der Waals surface area (Å²) in [4.78, 5) is 24.7. The smallest absolute Gasteiger partial charge is 0.331 e. The van der Waals surface area contributed by atoms with Crippen LogP contribution in [-0.2, 0) is 23.8 Å². The molecule has 5 fully saturated rings. The topological polar surface area (TPSA) is 143 Å². The first kappa shape index (κ1) is 26.8. The molecule has 0 aromatic carbocycles. The van der Waals surface area contributed by atoms with Crippen LogP contribution in [0.1, 0.15) is 78.1 Å². The highest BCUT2D eigenvalue weighted by atomic mass is 16.7.